The first-order valence-corrected chi connectivity index (χ1v) is 5.52. The highest BCUT2D eigenvalue weighted by atomic mass is 15.0. The molecule has 0 saturated heterocycles. The average molecular weight is 189 g/mol. The maximum absolute atomic E-state index is 4.09. The van der Waals surface area contributed by atoms with Crippen LogP contribution in [0.2, 0.25) is 0 Å². The second-order valence-corrected chi connectivity index (χ2v) is 4.41. The van der Waals surface area contributed by atoms with Gasteiger partial charge in [0.05, 0.1) is 0 Å². The molecule has 1 aliphatic heterocycles. The van der Waals surface area contributed by atoms with Gasteiger partial charge in [-0.15, -0.1) is 6.58 Å². The topological polar surface area (TPSA) is 12.0 Å². The summed E-state index contributed by atoms with van der Waals surface area (Å²) in [6, 6.07) is 1.18. The van der Waals surface area contributed by atoms with E-state index in [-0.39, 0.29) is 0 Å². The molecule has 1 saturated carbocycles. The molecule has 0 radical (unpaired) electrons. The van der Waals surface area contributed by atoms with Gasteiger partial charge in [0.15, 0.2) is 0 Å². The van der Waals surface area contributed by atoms with E-state index in [4.69, 9.17) is 0 Å². The highest BCUT2D eigenvalue weighted by Crippen LogP contribution is 2.30. The lowest BCUT2D eigenvalue weighted by molar-refractivity contribution is 0.409. The van der Waals surface area contributed by atoms with Crippen LogP contribution in [-0.4, -0.2) is 12.1 Å². The van der Waals surface area contributed by atoms with Crippen molar-refractivity contribution in [3.63, 3.8) is 0 Å². The van der Waals surface area contributed by atoms with E-state index < -0.39 is 0 Å². The van der Waals surface area contributed by atoms with Gasteiger partial charge < -0.3 is 5.32 Å². The molecule has 1 nitrogen and oxygen atoms in total. The predicted octanol–water partition coefficient (Wildman–Crippen LogP) is 2.96. The van der Waals surface area contributed by atoms with E-state index in [9.17, 15) is 0 Å². The Bertz CT molecular complexity index is 275. The van der Waals surface area contributed by atoms with Gasteiger partial charge in [-0.25, -0.2) is 0 Å². The fourth-order valence-electron chi connectivity index (χ4n) is 2.44. The monoisotopic (exact) mass is 189 g/mol. The Morgan fingerprint density at radius 3 is 3.14 bits per heavy atom. The zero-order valence-electron chi connectivity index (χ0n) is 8.76. The smallest absolute Gasteiger partial charge is 0.0319 e. The maximum Gasteiger partial charge on any atom is 0.0319 e. The minimum Gasteiger partial charge on any atom is -0.307 e. The predicted molar refractivity (Wildman–Crippen MR) is 61.2 cm³/mol. The van der Waals surface area contributed by atoms with Gasteiger partial charge >= 0.3 is 0 Å². The van der Waals surface area contributed by atoms with E-state index in [1.807, 2.05) is 6.08 Å². The largest absolute Gasteiger partial charge is 0.307 e. The molecular formula is C13H19N. The Morgan fingerprint density at radius 2 is 2.36 bits per heavy atom. The van der Waals surface area contributed by atoms with Gasteiger partial charge in [-0.05, 0) is 32.1 Å². The van der Waals surface area contributed by atoms with Crippen LogP contribution in [-0.2, 0) is 0 Å². The molecule has 1 fully saturated rings. The van der Waals surface area contributed by atoms with Gasteiger partial charge in [0.25, 0.3) is 0 Å². The SMILES string of the molecule is C=CC[C@@H]1CC=C2CCC(=C)C[C@@H]2N1. The second kappa shape index (κ2) is 4.14. The third-order valence-corrected chi connectivity index (χ3v) is 3.26. The van der Waals surface area contributed by atoms with Crippen LogP contribution in [0.4, 0.5) is 0 Å². The number of nitrogens with one attached hydrogen (secondary N) is 1. The van der Waals surface area contributed by atoms with Crippen LogP contribution >= 0.6 is 0 Å². The fraction of sp³-hybridized carbons (Fsp3) is 0.538. The van der Waals surface area contributed by atoms with E-state index in [2.05, 4.69) is 24.6 Å². The van der Waals surface area contributed by atoms with E-state index >= 15 is 0 Å². The van der Waals surface area contributed by atoms with Gasteiger partial charge in [0.1, 0.15) is 0 Å². The summed E-state index contributed by atoms with van der Waals surface area (Å²) < 4.78 is 0. The van der Waals surface area contributed by atoms with Crippen LogP contribution < -0.4 is 5.32 Å². The van der Waals surface area contributed by atoms with Crippen molar-refractivity contribution in [1.82, 2.24) is 5.32 Å². The van der Waals surface area contributed by atoms with Crippen molar-refractivity contribution in [1.29, 1.82) is 0 Å². The number of rotatable bonds is 2. The zero-order chi connectivity index (χ0) is 9.97. The molecule has 1 heteroatoms. The number of hydrogen-bond donors (Lipinski definition) is 1. The highest BCUT2D eigenvalue weighted by molar-refractivity contribution is 5.24. The summed E-state index contributed by atoms with van der Waals surface area (Å²) in [6.45, 7) is 7.88. The maximum atomic E-state index is 4.09. The van der Waals surface area contributed by atoms with Gasteiger partial charge in [-0.3, -0.25) is 0 Å². The van der Waals surface area contributed by atoms with Crippen LogP contribution in [0, 0.1) is 0 Å². The zero-order valence-corrected chi connectivity index (χ0v) is 8.76. The quantitative estimate of drug-likeness (QED) is 0.658. The molecule has 1 N–H and O–H groups in total. The van der Waals surface area contributed by atoms with Crippen molar-refractivity contribution < 1.29 is 0 Å². The van der Waals surface area contributed by atoms with Gasteiger partial charge in [0, 0.05) is 12.1 Å². The molecule has 0 spiro atoms. The number of fused-ring (bicyclic) bond motifs is 1. The van der Waals surface area contributed by atoms with Crippen LogP contribution in [0.25, 0.3) is 0 Å². The average Bonchev–Trinajstić information content (AvgIpc) is 2.17. The Hall–Kier alpha value is -0.820. The van der Waals surface area contributed by atoms with Crippen LogP contribution in [0.5, 0.6) is 0 Å². The van der Waals surface area contributed by atoms with Gasteiger partial charge in [-0.2, -0.15) is 0 Å². The van der Waals surface area contributed by atoms with E-state index in [1.54, 1.807) is 5.57 Å². The van der Waals surface area contributed by atoms with Crippen molar-refractivity contribution >= 4 is 0 Å². The molecule has 0 aromatic rings. The third kappa shape index (κ3) is 1.98. The molecule has 0 amide bonds. The normalized spacial score (nSPS) is 32.0. The molecule has 1 heterocycles. The molecular weight excluding hydrogens is 170 g/mol. The summed E-state index contributed by atoms with van der Waals surface area (Å²) in [7, 11) is 0. The fourth-order valence-corrected chi connectivity index (χ4v) is 2.44. The Balaban J connectivity index is 2.03. The summed E-state index contributed by atoms with van der Waals surface area (Å²) in [4.78, 5) is 0. The van der Waals surface area contributed by atoms with Crippen molar-refractivity contribution in [2.45, 2.75) is 44.2 Å². The molecule has 1 aliphatic carbocycles. The van der Waals surface area contributed by atoms with Crippen molar-refractivity contribution in [3.8, 4) is 0 Å². The molecule has 0 aromatic carbocycles. The summed E-state index contributed by atoms with van der Waals surface area (Å²) in [5, 5.41) is 3.69. The molecule has 2 aliphatic rings. The van der Waals surface area contributed by atoms with Crippen molar-refractivity contribution in [3.05, 3.63) is 36.5 Å². The molecule has 0 bridgehead atoms. The first kappa shape index (κ1) is 9.72. The van der Waals surface area contributed by atoms with Crippen LogP contribution in [0.1, 0.15) is 32.1 Å². The first-order valence-electron chi connectivity index (χ1n) is 5.52. The standard InChI is InChI=1S/C13H19N/c1-3-4-12-8-7-11-6-5-10(2)9-13(11)14-12/h3,7,12-14H,1-2,4-6,8-9H2/t12-,13+/m1/s1. The number of hydrogen-bond acceptors (Lipinski definition) is 1. The lowest BCUT2D eigenvalue weighted by atomic mass is 9.83. The lowest BCUT2D eigenvalue weighted by Crippen LogP contribution is -2.43. The summed E-state index contributed by atoms with van der Waals surface area (Å²) >= 11 is 0. The molecule has 76 valence electrons. The third-order valence-electron chi connectivity index (χ3n) is 3.26. The van der Waals surface area contributed by atoms with Gasteiger partial charge in [0.2, 0.25) is 0 Å². The van der Waals surface area contributed by atoms with Gasteiger partial charge in [-0.1, -0.05) is 29.9 Å². The highest BCUT2D eigenvalue weighted by Gasteiger charge is 2.25. The van der Waals surface area contributed by atoms with E-state index in [0.717, 1.165) is 12.8 Å². The molecule has 0 aromatic heterocycles. The minimum atomic E-state index is 0.579. The van der Waals surface area contributed by atoms with Crippen molar-refractivity contribution in [2.24, 2.45) is 0 Å². The minimum absolute atomic E-state index is 0.579. The lowest BCUT2D eigenvalue weighted by Gasteiger charge is -2.35. The first-order chi connectivity index (χ1) is 6.79. The Morgan fingerprint density at radius 1 is 1.50 bits per heavy atom. The Labute approximate surface area is 86.6 Å². The van der Waals surface area contributed by atoms with Crippen LogP contribution in [0.15, 0.2) is 36.5 Å². The summed E-state index contributed by atoms with van der Waals surface area (Å²) in [5.41, 5.74) is 3.01. The summed E-state index contributed by atoms with van der Waals surface area (Å²) in [5.74, 6) is 0. The Kier molecular flexibility index (Phi) is 2.87. The molecule has 0 unspecified atom stereocenters. The van der Waals surface area contributed by atoms with E-state index in [0.29, 0.717) is 12.1 Å². The molecule has 2 rings (SSSR count). The van der Waals surface area contributed by atoms with E-state index in [1.165, 1.54) is 24.8 Å². The van der Waals surface area contributed by atoms with Crippen LogP contribution in [0.3, 0.4) is 0 Å². The molecule has 14 heavy (non-hydrogen) atoms. The molecule has 2 atom stereocenters. The summed E-state index contributed by atoms with van der Waals surface area (Å²) in [6.07, 6.45) is 10.2. The van der Waals surface area contributed by atoms with Crippen molar-refractivity contribution in [2.75, 3.05) is 0 Å². The second-order valence-electron chi connectivity index (χ2n) is 4.41.